The van der Waals surface area contributed by atoms with Gasteiger partial charge in [-0.2, -0.15) is 0 Å². The minimum atomic E-state index is -0.826. The lowest BCUT2D eigenvalue weighted by molar-refractivity contribution is -0.119. The molecule has 4 heteroatoms. The van der Waals surface area contributed by atoms with Gasteiger partial charge < -0.3 is 5.73 Å². The molecule has 1 heterocycles. The second-order valence-electron chi connectivity index (χ2n) is 3.02. The highest BCUT2D eigenvalue weighted by Crippen LogP contribution is 2.27. The molecule has 3 N–H and O–H groups in total. The zero-order valence-corrected chi connectivity index (χ0v) is 8.17. The number of carbonyl (C=O) groups excluding carboxylic acids is 1. The minimum Gasteiger partial charge on any atom is -0.316 e. The molecule has 1 aromatic heterocycles. The van der Waals surface area contributed by atoms with Gasteiger partial charge in [0, 0.05) is 4.70 Å². The van der Waals surface area contributed by atoms with Crippen molar-refractivity contribution in [2.75, 3.05) is 0 Å². The monoisotopic (exact) mass is 205 g/mol. The summed E-state index contributed by atoms with van der Waals surface area (Å²) in [6, 6.07) is 6.74. The number of amides is 1. The van der Waals surface area contributed by atoms with Crippen LogP contribution < -0.4 is 11.5 Å². The second-order valence-corrected chi connectivity index (χ2v) is 3.97. The maximum atomic E-state index is 10.9. The first-order valence-corrected chi connectivity index (χ1v) is 5.05. The third-order valence-electron chi connectivity index (χ3n) is 2.15. The molecular weight excluding hydrogens is 196 g/mol. The van der Waals surface area contributed by atoms with Crippen LogP contribution in [0.2, 0.25) is 0 Å². The number of rotatable bonds is 2. The molecule has 0 bridgehead atoms. The molecule has 0 saturated heterocycles. The lowest BCUT2D eigenvalue weighted by atomic mass is 10.0. The Kier molecular flexibility index (Phi) is 2.23. The van der Waals surface area contributed by atoms with E-state index in [1.807, 2.05) is 23.6 Å². The van der Waals surface area contributed by atoms with Crippen LogP contribution in [0.3, 0.4) is 0 Å². The van der Waals surface area contributed by atoms with Gasteiger partial charge in [-0.05, 0) is 28.5 Å². The van der Waals surface area contributed by atoms with E-state index in [1.54, 1.807) is 17.4 Å². The number of hydrogen-bond donors (Lipinski definition) is 1. The summed E-state index contributed by atoms with van der Waals surface area (Å²) in [5, 5.41) is 2.93. The van der Waals surface area contributed by atoms with Crippen molar-refractivity contribution in [1.82, 2.24) is 5.73 Å². The highest BCUT2D eigenvalue weighted by molar-refractivity contribution is 7.17. The molecule has 1 aromatic carbocycles. The van der Waals surface area contributed by atoms with Gasteiger partial charge in [0.05, 0.1) is 0 Å². The summed E-state index contributed by atoms with van der Waals surface area (Å²) in [5.41, 5.74) is 13.4. The van der Waals surface area contributed by atoms with Crippen LogP contribution in [0.5, 0.6) is 0 Å². The SMILES string of the molecule is [NH]C(=O)C(N)c1cccc2sccc12. The number of benzene rings is 1. The predicted octanol–water partition coefficient (Wildman–Crippen LogP) is 1.71. The zero-order chi connectivity index (χ0) is 10.1. The molecule has 2 rings (SSSR count). The summed E-state index contributed by atoms with van der Waals surface area (Å²) >= 11 is 1.60. The minimum absolute atomic E-state index is 0.740. The van der Waals surface area contributed by atoms with Crippen LogP contribution in [0.1, 0.15) is 11.6 Å². The van der Waals surface area contributed by atoms with Crippen LogP contribution in [-0.4, -0.2) is 5.91 Å². The molecule has 0 aliphatic carbocycles. The van der Waals surface area contributed by atoms with E-state index in [9.17, 15) is 4.79 Å². The van der Waals surface area contributed by atoms with Crippen molar-refractivity contribution >= 4 is 27.3 Å². The van der Waals surface area contributed by atoms with Gasteiger partial charge in [0.2, 0.25) is 0 Å². The highest BCUT2D eigenvalue weighted by Gasteiger charge is 2.15. The third kappa shape index (κ3) is 1.38. The molecular formula is C10H9N2OS. The van der Waals surface area contributed by atoms with E-state index in [-0.39, 0.29) is 0 Å². The molecule has 1 atom stereocenters. The lowest BCUT2D eigenvalue weighted by Gasteiger charge is -2.07. The van der Waals surface area contributed by atoms with Gasteiger partial charge in [-0.1, -0.05) is 12.1 Å². The summed E-state index contributed by atoms with van der Waals surface area (Å²) in [7, 11) is 0. The van der Waals surface area contributed by atoms with Crippen LogP contribution in [0.25, 0.3) is 10.1 Å². The van der Waals surface area contributed by atoms with Crippen molar-refractivity contribution < 1.29 is 4.79 Å². The maximum absolute atomic E-state index is 10.9. The molecule has 0 saturated carbocycles. The summed E-state index contributed by atoms with van der Waals surface area (Å²) < 4.78 is 1.10. The number of fused-ring (bicyclic) bond motifs is 1. The molecule has 0 spiro atoms. The predicted molar refractivity (Wildman–Crippen MR) is 56.9 cm³/mol. The van der Waals surface area contributed by atoms with Gasteiger partial charge in [-0.3, -0.25) is 10.5 Å². The van der Waals surface area contributed by atoms with Crippen LogP contribution >= 0.6 is 11.3 Å². The van der Waals surface area contributed by atoms with Gasteiger partial charge in [0.15, 0.2) is 0 Å². The molecule has 1 radical (unpaired) electrons. The van der Waals surface area contributed by atoms with Crippen LogP contribution in [0.4, 0.5) is 0 Å². The fraction of sp³-hybridized carbons (Fsp3) is 0.100. The second kappa shape index (κ2) is 3.40. The fourth-order valence-electron chi connectivity index (χ4n) is 1.43. The number of carbonyl (C=O) groups is 1. The van der Waals surface area contributed by atoms with E-state index < -0.39 is 11.9 Å². The Morgan fingerprint density at radius 1 is 1.43 bits per heavy atom. The lowest BCUT2D eigenvalue weighted by Crippen LogP contribution is -2.21. The van der Waals surface area contributed by atoms with Gasteiger partial charge in [-0.25, -0.2) is 0 Å². The van der Waals surface area contributed by atoms with Crippen molar-refractivity contribution in [2.45, 2.75) is 6.04 Å². The molecule has 1 unspecified atom stereocenters. The fourth-order valence-corrected chi connectivity index (χ4v) is 2.25. The molecule has 0 aliphatic heterocycles. The number of nitrogens with two attached hydrogens (primary N) is 1. The van der Waals surface area contributed by atoms with E-state index in [1.165, 1.54) is 0 Å². The van der Waals surface area contributed by atoms with Gasteiger partial charge >= 0.3 is 0 Å². The largest absolute Gasteiger partial charge is 0.316 e. The molecule has 3 nitrogen and oxygen atoms in total. The Hall–Kier alpha value is -1.39. The molecule has 14 heavy (non-hydrogen) atoms. The van der Waals surface area contributed by atoms with Crippen molar-refractivity contribution in [1.29, 1.82) is 0 Å². The molecule has 2 aromatic rings. The van der Waals surface area contributed by atoms with E-state index in [4.69, 9.17) is 11.5 Å². The van der Waals surface area contributed by atoms with E-state index >= 15 is 0 Å². The highest BCUT2D eigenvalue weighted by atomic mass is 32.1. The molecule has 0 aliphatic rings. The van der Waals surface area contributed by atoms with E-state index in [2.05, 4.69) is 0 Å². The van der Waals surface area contributed by atoms with Crippen molar-refractivity contribution in [2.24, 2.45) is 5.73 Å². The van der Waals surface area contributed by atoms with Crippen molar-refractivity contribution in [3.05, 3.63) is 35.2 Å². The van der Waals surface area contributed by atoms with Crippen LogP contribution in [0, 0.1) is 0 Å². The number of thiophene rings is 1. The van der Waals surface area contributed by atoms with E-state index in [0.717, 1.165) is 15.6 Å². The first-order valence-electron chi connectivity index (χ1n) is 4.17. The van der Waals surface area contributed by atoms with Crippen LogP contribution in [-0.2, 0) is 4.79 Å². The summed E-state index contributed by atoms with van der Waals surface area (Å²) in [5.74, 6) is -0.747. The standard InChI is InChI=1S/C10H9N2OS/c11-9(10(12)13)7-2-1-3-8-6(7)4-5-14-8/h1-5,9,12H,11H2. The molecule has 0 fully saturated rings. The first-order chi connectivity index (χ1) is 6.70. The molecule has 1 amide bonds. The number of hydrogen-bond acceptors (Lipinski definition) is 3. The summed E-state index contributed by atoms with van der Waals surface area (Å²) in [6.45, 7) is 0. The number of nitrogens with one attached hydrogen (secondary N) is 1. The summed E-state index contributed by atoms with van der Waals surface area (Å²) in [4.78, 5) is 10.9. The normalized spacial score (nSPS) is 12.9. The van der Waals surface area contributed by atoms with Gasteiger partial charge in [-0.15, -0.1) is 11.3 Å². The quantitative estimate of drug-likeness (QED) is 0.811. The van der Waals surface area contributed by atoms with Gasteiger partial charge in [0.25, 0.3) is 5.91 Å². The third-order valence-corrected chi connectivity index (χ3v) is 3.03. The Bertz CT molecular complexity index is 478. The maximum Gasteiger partial charge on any atom is 0.259 e. The zero-order valence-electron chi connectivity index (χ0n) is 7.36. The summed E-state index contributed by atoms with van der Waals surface area (Å²) in [6.07, 6.45) is 0. The Balaban J connectivity index is 2.61. The Morgan fingerprint density at radius 2 is 2.21 bits per heavy atom. The smallest absolute Gasteiger partial charge is 0.259 e. The molecule has 71 valence electrons. The first kappa shape index (κ1) is 9.18. The Labute approximate surface area is 85.3 Å². The van der Waals surface area contributed by atoms with Gasteiger partial charge in [0.1, 0.15) is 6.04 Å². The van der Waals surface area contributed by atoms with E-state index in [0.29, 0.717) is 0 Å². The average molecular weight is 205 g/mol. The average Bonchev–Trinajstić information content (AvgIpc) is 2.63. The Morgan fingerprint density at radius 3 is 2.93 bits per heavy atom. The van der Waals surface area contributed by atoms with Crippen LogP contribution in [0.15, 0.2) is 29.6 Å². The van der Waals surface area contributed by atoms with Crippen molar-refractivity contribution in [3.8, 4) is 0 Å². The van der Waals surface area contributed by atoms with Crippen molar-refractivity contribution in [3.63, 3.8) is 0 Å². The topological polar surface area (TPSA) is 66.9 Å².